The van der Waals surface area contributed by atoms with Crippen molar-refractivity contribution in [1.29, 1.82) is 0 Å². The van der Waals surface area contributed by atoms with E-state index in [-0.39, 0.29) is 17.9 Å². The lowest BCUT2D eigenvalue weighted by Gasteiger charge is -2.26. The average molecular weight is 449 g/mol. The van der Waals surface area contributed by atoms with Gasteiger partial charge in [-0.1, -0.05) is 6.92 Å². The van der Waals surface area contributed by atoms with E-state index in [1.54, 1.807) is 48.5 Å². The molecule has 0 unspecified atom stereocenters. The normalized spacial score (nSPS) is 15.3. The van der Waals surface area contributed by atoms with Crippen molar-refractivity contribution in [3.63, 3.8) is 0 Å². The van der Waals surface area contributed by atoms with Crippen molar-refractivity contribution in [3.8, 4) is 5.75 Å². The van der Waals surface area contributed by atoms with E-state index in [4.69, 9.17) is 9.47 Å². The first-order valence-electron chi connectivity index (χ1n) is 9.94. The summed E-state index contributed by atoms with van der Waals surface area (Å²) in [6.07, 6.45) is -0.724. The second-order valence-corrected chi connectivity index (χ2v) is 11.1. The minimum absolute atomic E-state index is 0.0808. The molecular formula is C21H34F2N2O4S. The number of carbonyl (C=O) groups is 1. The van der Waals surface area contributed by atoms with Gasteiger partial charge in [-0.2, -0.15) is 0 Å². The van der Waals surface area contributed by atoms with Crippen LogP contribution in [0.15, 0.2) is 12.1 Å². The topological polar surface area (TPSA) is 76.7 Å². The lowest BCUT2D eigenvalue weighted by atomic mass is 10.1. The van der Waals surface area contributed by atoms with Crippen molar-refractivity contribution in [2.24, 2.45) is 0 Å². The van der Waals surface area contributed by atoms with Crippen LogP contribution in [0, 0.1) is 11.6 Å². The van der Waals surface area contributed by atoms with Crippen LogP contribution in [0.25, 0.3) is 0 Å². The average Bonchev–Trinajstić information content (AvgIpc) is 2.57. The summed E-state index contributed by atoms with van der Waals surface area (Å²) in [7, 11) is -1.45. The molecule has 1 aromatic carbocycles. The summed E-state index contributed by atoms with van der Waals surface area (Å²) < 4.78 is 54.2. The summed E-state index contributed by atoms with van der Waals surface area (Å²) in [6.45, 7) is 14.2. The molecule has 0 saturated heterocycles. The first kappa shape index (κ1) is 26.3. The van der Waals surface area contributed by atoms with Crippen LogP contribution >= 0.6 is 0 Å². The largest absolute Gasteiger partial charge is 0.485 e. The minimum Gasteiger partial charge on any atom is -0.485 e. The predicted octanol–water partition coefficient (Wildman–Crippen LogP) is 4.76. The smallest absolute Gasteiger partial charge is 0.407 e. The van der Waals surface area contributed by atoms with Crippen molar-refractivity contribution in [1.82, 2.24) is 10.0 Å². The van der Waals surface area contributed by atoms with Gasteiger partial charge in [0.25, 0.3) is 0 Å². The van der Waals surface area contributed by atoms with Gasteiger partial charge >= 0.3 is 6.09 Å². The number of nitrogens with one attached hydrogen (secondary N) is 2. The molecular weight excluding hydrogens is 414 g/mol. The van der Waals surface area contributed by atoms with E-state index >= 15 is 0 Å². The zero-order valence-electron chi connectivity index (χ0n) is 19.0. The summed E-state index contributed by atoms with van der Waals surface area (Å²) in [6, 6.07) is 1.26. The van der Waals surface area contributed by atoms with Gasteiger partial charge in [-0.25, -0.2) is 22.5 Å². The molecule has 2 N–H and O–H groups in total. The molecule has 0 aliphatic carbocycles. The number of halogens is 2. The second kappa shape index (κ2) is 10.5. The first-order chi connectivity index (χ1) is 13.6. The lowest BCUT2D eigenvalue weighted by Crippen LogP contribution is -2.39. The minimum atomic E-state index is -1.45. The maximum atomic E-state index is 14.6. The van der Waals surface area contributed by atoms with Crippen molar-refractivity contribution in [3.05, 3.63) is 29.3 Å². The molecule has 0 heterocycles. The Morgan fingerprint density at radius 1 is 1.17 bits per heavy atom. The zero-order valence-corrected chi connectivity index (χ0v) is 19.8. The Labute approximate surface area is 180 Å². The SMILES string of the molecule is CC[C@H](CNC(=O)OC(C)(C)C)Oc1c(F)cc(F)cc1[C@H](C)N[S@](=O)C(C)(C)C. The summed E-state index contributed by atoms with van der Waals surface area (Å²) in [5.74, 6) is -1.76. The van der Waals surface area contributed by atoms with E-state index in [1.807, 2.05) is 6.92 Å². The molecule has 0 fully saturated rings. The van der Waals surface area contributed by atoms with Gasteiger partial charge in [0.15, 0.2) is 11.6 Å². The molecule has 0 aromatic heterocycles. The van der Waals surface area contributed by atoms with Crippen LogP contribution in [-0.2, 0) is 15.7 Å². The van der Waals surface area contributed by atoms with Crippen molar-refractivity contribution < 1.29 is 27.3 Å². The fourth-order valence-corrected chi connectivity index (χ4v) is 3.18. The summed E-state index contributed by atoms with van der Waals surface area (Å²) in [5, 5.41) is 2.60. The van der Waals surface area contributed by atoms with E-state index in [9.17, 15) is 17.8 Å². The Hall–Kier alpha value is -1.74. The summed E-state index contributed by atoms with van der Waals surface area (Å²) in [5.41, 5.74) is -0.437. The van der Waals surface area contributed by atoms with Crippen LogP contribution in [0.2, 0.25) is 0 Å². The molecule has 9 heteroatoms. The summed E-state index contributed by atoms with van der Waals surface area (Å²) >= 11 is 0. The molecule has 30 heavy (non-hydrogen) atoms. The molecule has 0 radical (unpaired) electrons. The van der Waals surface area contributed by atoms with Gasteiger partial charge < -0.3 is 14.8 Å². The molecule has 0 aliphatic rings. The quantitative estimate of drug-likeness (QED) is 0.601. The molecule has 0 bridgehead atoms. The number of carbonyl (C=O) groups excluding carboxylic acids is 1. The highest BCUT2D eigenvalue weighted by Crippen LogP contribution is 2.31. The van der Waals surface area contributed by atoms with E-state index in [2.05, 4.69) is 10.0 Å². The standard InChI is InChI=1S/C21H34F2N2O4S/c1-9-15(12-24-19(26)29-20(3,4)5)28-18-16(10-14(22)11-17(18)23)13(2)25-30(27)21(6,7)8/h10-11,13,15,25H,9,12H2,1-8H3,(H,24,26)/t13-,15+,30+/m0/s1. The number of hydrogen-bond acceptors (Lipinski definition) is 4. The highest BCUT2D eigenvalue weighted by Gasteiger charge is 2.26. The summed E-state index contributed by atoms with van der Waals surface area (Å²) in [4.78, 5) is 11.9. The Bertz CT molecular complexity index is 761. The molecule has 0 spiro atoms. The molecule has 172 valence electrons. The first-order valence-corrected chi connectivity index (χ1v) is 11.1. The fourth-order valence-electron chi connectivity index (χ4n) is 2.37. The molecule has 1 rings (SSSR count). The van der Waals surface area contributed by atoms with Crippen LogP contribution in [0.4, 0.5) is 13.6 Å². The number of amides is 1. The molecule has 0 aliphatic heterocycles. The third kappa shape index (κ3) is 8.55. The Morgan fingerprint density at radius 2 is 1.77 bits per heavy atom. The molecule has 1 aromatic rings. The van der Waals surface area contributed by atoms with Crippen LogP contribution in [0.3, 0.4) is 0 Å². The van der Waals surface area contributed by atoms with Crippen LogP contribution in [-0.4, -0.2) is 33.3 Å². The van der Waals surface area contributed by atoms with Crippen LogP contribution in [0.1, 0.15) is 73.4 Å². The lowest BCUT2D eigenvalue weighted by molar-refractivity contribution is 0.0498. The fraction of sp³-hybridized carbons (Fsp3) is 0.667. The van der Waals surface area contributed by atoms with Crippen molar-refractivity contribution >= 4 is 17.1 Å². The molecule has 1 amide bonds. The maximum Gasteiger partial charge on any atom is 0.407 e. The van der Waals surface area contributed by atoms with Crippen molar-refractivity contribution in [2.45, 2.75) is 84.3 Å². The third-order valence-corrected chi connectivity index (χ3v) is 5.64. The molecule has 3 atom stereocenters. The van der Waals surface area contributed by atoms with Gasteiger partial charge in [0.2, 0.25) is 0 Å². The van der Waals surface area contributed by atoms with Gasteiger partial charge in [0.1, 0.15) is 17.5 Å². The monoisotopic (exact) mass is 448 g/mol. The Kier molecular flexibility index (Phi) is 9.23. The predicted molar refractivity (Wildman–Crippen MR) is 115 cm³/mol. The van der Waals surface area contributed by atoms with E-state index < -0.39 is 51.2 Å². The zero-order chi connectivity index (χ0) is 23.3. The second-order valence-electron chi connectivity index (χ2n) is 9.06. The van der Waals surface area contributed by atoms with Crippen LogP contribution in [0.5, 0.6) is 5.75 Å². The van der Waals surface area contributed by atoms with Gasteiger partial charge in [0, 0.05) is 17.7 Å². The van der Waals surface area contributed by atoms with Gasteiger partial charge in [-0.15, -0.1) is 0 Å². The number of benzene rings is 1. The van der Waals surface area contributed by atoms with Gasteiger partial charge in [-0.05, 0) is 61.0 Å². The van der Waals surface area contributed by atoms with Gasteiger partial charge in [-0.3, -0.25) is 0 Å². The number of rotatable bonds is 8. The maximum absolute atomic E-state index is 14.6. The highest BCUT2D eigenvalue weighted by molar-refractivity contribution is 7.84. The van der Waals surface area contributed by atoms with E-state index in [1.165, 1.54) is 0 Å². The number of alkyl carbamates (subject to hydrolysis) is 1. The van der Waals surface area contributed by atoms with Crippen LogP contribution < -0.4 is 14.8 Å². The third-order valence-electron chi connectivity index (χ3n) is 3.96. The number of hydrogen-bond donors (Lipinski definition) is 2. The van der Waals surface area contributed by atoms with E-state index in [0.29, 0.717) is 6.42 Å². The molecule has 6 nitrogen and oxygen atoms in total. The van der Waals surface area contributed by atoms with Crippen molar-refractivity contribution in [2.75, 3.05) is 6.54 Å². The van der Waals surface area contributed by atoms with E-state index in [0.717, 1.165) is 12.1 Å². The highest BCUT2D eigenvalue weighted by atomic mass is 32.2. The number of ether oxygens (including phenoxy) is 2. The van der Waals surface area contributed by atoms with Gasteiger partial charge in [0.05, 0.1) is 22.3 Å². The molecule has 0 saturated carbocycles. The Morgan fingerprint density at radius 3 is 2.27 bits per heavy atom. The Balaban J connectivity index is 3.01.